The number of rotatable bonds is 2. The fraction of sp³-hybridized carbons (Fsp3) is 0.529. The van der Waals surface area contributed by atoms with Gasteiger partial charge >= 0.3 is 5.97 Å². The molecule has 1 aromatic carbocycles. The predicted molar refractivity (Wildman–Crippen MR) is 79.3 cm³/mol. The van der Waals surface area contributed by atoms with Crippen LogP contribution in [0.25, 0.3) is 0 Å². The first-order valence-electron chi connectivity index (χ1n) is 7.70. The van der Waals surface area contributed by atoms with Crippen LogP contribution in [0.1, 0.15) is 41.3 Å². The Kier molecular flexibility index (Phi) is 3.70. The van der Waals surface area contributed by atoms with Crippen LogP contribution >= 0.6 is 0 Å². The van der Waals surface area contributed by atoms with E-state index >= 15 is 0 Å². The molecular formula is C17H21NO3. The molecule has 0 spiro atoms. The van der Waals surface area contributed by atoms with E-state index in [-0.39, 0.29) is 17.7 Å². The smallest absolute Gasteiger partial charge is 0.306 e. The van der Waals surface area contributed by atoms with Crippen molar-refractivity contribution in [3.05, 3.63) is 34.9 Å². The Balaban J connectivity index is 1.78. The van der Waals surface area contributed by atoms with Gasteiger partial charge in [0, 0.05) is 18.7 Å². The van der Waals surface area contributed by atoms with Gasteiger partial charge in [0.1, 0.15) is 0 Å². The monoisotopic (exact) mass is 287 g/mol. The molecule has 1 heterocycles. The third-order valence-electron chi connectivity index (χ3n) is 4.89. The fourth-order valence-corrected chi connectivity index (χ4v) is 3.69. The Morgan fingerprint density at radius 3 is 2.81 bits per heavy atom. The highest BCUT2D eigenvalue weighted by atomic mass is 16.4. The molecule has 2 atom stereocenters. The molecule has 1 aliphatic heterocycles. The van der Waals surface area contributed by atoms with Crippen LogP contribution in [-0.2, 0) is 17.6 Å². The number of nitrogens with zero attached hydrogens (tertiary/aromatic N) is 1. The molecule has 3 rings (SSSR count). The quantitative estimate of drug-likeness (QED) is 0.908. The van der Waals surface area contributed by atoms with Crippen LogP contribution in [0, 0.1) is 11.8 Å². The Hall–Kier alpha value is -1.84. The number of aliphatic carboxylic acids is 1. The molecule has 4 heteroatoms. The first kappa shape index (κ1) is 14.1. The maximum Gasteiger partial charge on any atom is 0.306 e. The topological polar surface area (TPSA) is 57.6 Å². The molecule has 112 valence electrons. The molecule has 21 heavy (non-hydrogen) atoms. The lowest BCUT2D eigenvalue weighted by molar-refractivity contribution is -0.145. The van der Waals surface area contributed by atoms with E-state index in [1.807, 2.05) is 24.0 Å². The van der Waals surface area contributed by atoms with Crippen molar-refractivity contribution in [3.63, 3.8) is 0 Å². The number of hydrogen-bond acceptors (Lipinski definition) is 2. The number of carbonyl (C=O) groups is 2. The number of benzene rings is 1. The summed E-state index contributed by atoms with van der Waals surface area (Å²) in [6, 6.07) is 5.99. The van der Waals surface area contributed by atoms with Crippen molar-refractivity contribution in [2.75, 3.05) is 13.1 Å². The number of fused-ring (bicyclic) bond motifs is 1. The summed E-state index contributed by atoms with van der Waals surface area (Å²) in [6.45, 7) is 3.01. The van der Waals surface area contributed by atoms with E-state index in [0.717, 1.165) is 24.8 Å². The molecule has 2 aliphatic rings. The number of carboxylic acids is 1. The van der Waals surface area contributed by atoms with Crippen LogP contribution in [0.3, 0.4) is 0 Å². The second-order valence-electron chi connectivity index (χ2n) is 6.26. The molecule has 1 fully saturated rings. The van der Waals surface area contributed by atoms with Gasteiger partial charge in [-0.05, 0) is 48.8 Å². The van der Waals surface area contributed by atoms with E-state index in [1.54, 1.807) is 0 Å². The van der Waals surface area contributed by atoms with Gasteiger partial charge in [0.25, 0.3) is 5.91 Å². The zero-order chi connectivity index (χ0) is 15.0. The van der Waals surface area contributed by atoms with Crippen molar-refractivity contribution < 1.29 is 14.7 Å². The van der Waals surface area contributed by atoms with Crippen LogP contribution < -0.4 is 0 Å². The molecule has 0 aromatic heterocycles. The standard InChI is InChI=1S/C17H21NO3/c1-11-10-18(9-8-13(11)17(20)21)16(19)15-7-3-5-12-4-2-6-14(12)15/h3,5,7,11,13H,2,4,6,8-10H2,1H3,(H,20,21). The highest BCUT2D eigenvalue weighted by Gasteiger charge is 2.34. The molecule has 1 aliphatic carbocycles. The van der Waals surface area contributed by atoms with Gasteiger partial charge in [0.05, 0.1) is 5.92 Å². The fourth-order valence-electron chi connectivity index (χ4n) is 3.69. The molecule has 0 bridgehead atoms. The molecule has 4 nitrogen and oxygen atoms in total. The van der Waals surface area contributed by atoms with E-state index in [2.05, 4.69) is 6.07 Å². The molecule has 0 saturated carbocycles. The lowest BCUT2D eigenvalue weighted by Gasteiger charge is -2.35. The van der Waals surface area contributed by atoms with Gasteiger partial charge in [-0.3, -0.25) is 9.59 Å². The van der Waals surface area contributed by atoms with Crippen LogP contribution in [0.2, 0.25) is 0 Å². The van der Waals surface area contributed by atoms with Crippen molar-refractivity contribution >= 4 is 11.9 Å². The van der Waals surface area contributed by atoms with Gasteiger partial charge in [-0.25, -0.2) is 0 Å². The third kappa shape index (κ3) is 2.55. The largest absolute Gasteiger partial charge is 0.481 e. The summed E-state index contributed by atoms with van der Waals surface area (Å²) in [5.41, 5.74) is 3.33. The molecule has 1 saturated heterocycles. The number of carboxylic acid groups (broad SMARTS) is 1. The summed E-state index contributed by atoms with van der Waals surface area (Å²) in [5, 5.41) is 9.17. The van der Waals surface area contributed by atoms with Crippen molar-refractivity contribution in [3.8, 4) is 0 Å². The third-order valence-corrected chi connectivity index (χ3v) is 4.89. The Labute approximate surface area is 124 Å². The first-order chi connectivity index (χ1) is 10.1. The molecule has 2 unspecified atom stereocenters. The Morgan fingerprint density at radius 1 is 1.29 bits per heavy atom. The summed E-state index contributed by atoms with van der Waals surface area (Å²) in [7, 11) is 0. The zero-order valence-corrected chi connectivity index (χ0v) is 12.3. The summed E-state index contributed by atoms with van der Waals surface area (Å²) >= 11 is 0. The number of piperidine rings is 1. The Bertz CT molecular complexity index is 581. The maximum atomic E-state index is 12.8. The second kappa shape index (κ2) is 5.51. The average Bonchev–Trinajstić information content (AvgIpc) is 2.94. The average molecular weight is 287 g/mol. The number of hydrogen-bond donors (Lipinski definition) is 1. The summed E-state index contributed by atoms with van der Waals surface area (Å²) < 4.78 is 0. The van der Waals surface area contributed by atoms with Gasteiger partial charge < -0.3 is 10.0 Å². The lowest BCUT2D eigenvalue weighted by atomic mass is 9.86. The molecule has 1 aromatic rings. The summed E-state index contributed by atoms with van der Waals surface area (Å²) in [6.07, 6.45) is 3.72. The van der Waals surface area contributed by atoms with Crippen molar-refractivity contribution in [2.24, 2.45) is 11.8 Å². The predicted octanol–water partition coefficient (Wildman–Crippen LogP) is 2.36. The van der Waals surface area contributed by atoms with Crippen molar-refractivity contribution in [1.82, 2.24) is 4.90 Å². The highest BCUT2D eigenvalue weighted by molar-refractivity contribution is 5.96. The molecule has 1 amide bonds. The van der Waals surface area contributed by atoms with E-state index in [1.165, 1.54) is 11.1 Å². The minimum absolute atomic E-state index is 0.0111. The van der Waals surface area contributed by atoms with Gasteiger partial charge in [0.2, 0.25) is 0 Å². The number of aryl methyl sites for hydroxylation is 1. The summed E-state index contributed by atoms with van der Waals surface area (Å²) in [4.78, 5) is 25.8. The normalized spacial score (nSPS) is 24.7. The molecule has 0 radical (unpaired) electrons. The van der Waals surface area contributed by atoms with E-state index in [0.29, 0.717) is 19.5 Å². The van der Waals surface area contributed by atoms with E-state index in [9.17, 15) is 14.7 Å². The van der Waals surface area contributed by atoms with Crippen LogP contribution in [0.15, 0.2) is 18.2 Å². The van der Waals surface area contributed by atoms with Crippen LogP contribution in [0.5, 0.6) is 0 Å². The SMILES string of the molecule is CC1CN(C(=O)c2cccc3c2CCC3)CCC1C(=O)O. The second-order valence-corrected chi connectivity index (χ2v) is 6.26. The Morgan fingerprint density at radius 2 is 2.10 bits per heavy atom. The minimum Gasteiger partial charge on any atom is -0.481 e. The van der Waals surface area contributed by atoms with Gasteiger partial charge in [0.15, 0.2) is 0 Å². The summed E-state index contributed by atoms with van der Waals surface area (Å²) in [5.74, 6) is -0.980. The highest BCUT2D eigenvalue weighted by Crippen LogP contribution is 2.29. The lowest BCUT2D eigenvalue weighted by Crippen LogP contribution is -2.45. The van der Waals surface area contributed by atoms with E-state index in [4.69, 9.17) is 0 Å². The van der Waals surface area contributed by atoms with Crippen molar-refractivity contribution in [2.45, 2.75) is 32.6 Å². The zero-order valence-electron chi connectivity index (χ0n) is 12.3. The minimum atomic E-state index is -0.741. The van der Waals surface area contributed by atoms with Gasteiger partial charge in [-0.15, -0.1) is 0 Å². The first-order valence-corrected chi connectivity index (χ1v) is 7.70. The molecular weight excluding hydrogens is 266 g/mol. The maximum absolute atomic E-state index is 12.8. The van der Waals surface area contributed by atoms with Crippen LogP contribution in [0.4, 0.5) is 0 Å². The van der Waals surface area contributed by atoms with Crippen molar-refractivity contribution in [1.29, 1.82) is 0 Å². The van der Waals surface area contributed by atoms with Crippen LogP contribution in [-0.4, -0.2) is 35.0 Å². The molecule has 1 N–H and O–H groups in total. The van der Waals surface area contributed by atoms with Gasteiger partial charge in [-0.2, -0.15) is 0 Å². The number of likely N-dealkylation sites (tertiary alicyclic amines) is 1. The number of amides is 1. The van der Waals surface area contributed by atoms with Gasteiger partial charge in [-0.1, -0.05) is 19.1 Å². The number of carbonyl (C=O) groups excluding carboxylic acids is 1. The van der Waals surface area contributed by atoms with E-state index < -0.39 is 5.97 Å².